The van der Waals surface area contributed by atoms with Gasteiger partial charge in [-0.2, -0.15) is 0 Å². The second kappa shape index (κ2) is 7.04. The van der Waals surface area contributed by atoms with Gasteiger partial charge in [0.25, 0.3) is 0 Å². The van der Waals surface area contributed by atoms with Crippen LogP contribution in [0.3, 0.4) is 0 Å². The molecule has 0 spiro atoms. The maximum Gasteiger partial charge on any atom is 0.232 e. The van der Waals surface area contributed by atoms with Gasteiger partial charge in [0, 0.05) is 16.5 Å². The van der Waals surface area contributed by atoms with Crippen LogP contribution in [0.1, 0.15) is 29.7 Å². The molecule has 30 heavy (non-hydrogen) atoms. The van der Waals surface area contributed by atoms with Crippen LogP contribution < -0.4 is 10.1 Å². The van der Waals surface area contributed by atoms with E-state index in [9.17, 15) is 9.90 Å². The number of fused-ring (bicyclic) bond motifs is 3. The number of nitrogens with one attached hydrogen (secondary N) is 1. The van der Waals surface area contributed by atoms with E-state index in [1.54, 1.807) is 13.0 Å². The number of carbonyl (C=O) groups is 1. The third-order valence-electron chi connectivity index (χ3n) is 5.51. The molecule has 1 aliphatic heterocycles. The van der Waals surface area contributed by atoms with Gasteiger partial charge in [-0.25, -0.2) is 0 Å². The molecular weight excluding hydrogens is 378 g/mol. The normalized spacial score (nSPS) is 15.0. The summed E-state index contributed by atoms with van der Waals surface area (Å²) in [5.74, 6) is 1.03. The van der Waals surface area contributed by atoms with Crippen LogP contribution in [0, 0.1) is 0 Å². The fraction of sp³-hybridized carbons (Fsp3) is 0.160. The van der Waals surface area contributed by atoms with Crippen molar-refractivity contribution in [2.45, 2.75) is 18.4 Å². The van der Waals surface area contributed by atoms with E-state index in [1.807, 2.05) is 72.8 Å². The van der Waals surface area contributed by atoms with Crippen LogP contribution in [0.2, 0.25) is 0 Å². The summed E-state index contributed by atoms with van der Waals surface area (Å²) >= 11 is 0. The Kier molecular flexibility index (Phi) is 4.33. The fourth-order valence-corrected chi connectivity index (χ4v) is 3.89. The topological polar surface area (TPSA) is 71.7 Å². The second-order valence-electron chi connectivity index (χ2n) is 7.75. The zero-order chi connectivity index (χ0) is 20.7. The molecule has 0 fully saturated rings. The number of carbonyl (C=O) groups excluding carboxylic acids is 1. The number of hydrogen-bond donors (Lipinski definition) is 2. The Balaban J connectivity index is 1.41. The van der Waals surface area contributed by atoms with E-state index in [0.717, 1.165) is 16.5 Å². The first kappa shape index (κ1) is 18.5. The Bertz CT molecular complexity index is 1160. The maximum atomic E-state index is 13.3. The predicted octanol–water partition coefficient (Wildman–Crippen LogP) is 4.69. The molecule has 0 aliphatic carbocycles. The SMILES string of the molecule is CC(O)(CNC(=O)C1c2ccccc2Oc2ccccc21)c1cc2ccccc2o1. The van der Waals surface area contributed by atoms with E-state index in [1.165, 1.54) is 0 Å². The van der Waals surface area contributed by atoms with Crippen molar-refractivity contribution >= 4 is 16.9 Å². The van der Waals surface area contributed by atoms with Crippen LogP contribution in [-0.4, -0.2) is 17.6 Å². The van der Waals surface area contributed by atoms with Crippen LogP contribution >= 0.6 is 0 Å². The summed E-state index contributed by atoms with van der Waals surface area (Å²) in [5, 5.41) is 14.8. The van der Waals surface area contributed by atoms with Crippen molar-refractivity contribution in [3.05, 3.63) is 95.7 Å². The maximum absolute atomic E-state index is 13.3. The van der Waals surface area contributed by atoms with Gasteiger partial charge in [0.15, 0.2) is 0 Å². The van der Waals surface area contributed by atoms with Gasteiger partial charge < -0.3 is 19.6 Å². The Hall–Kier alpha value is -3.57. The Morgan fingerprint density at radius 1 is 0.967 bits per heavy atom. The Morgan fingerprint density at radius 2 is 1.57 bits per heavy atom. The summed E-state index contributed by atoms with van der Waals surface area (Å²) in [6.07, 6.45) is 0. The third kappa shape index (κ3) is 3.13. The minimum atomic E-state index is -1.35. The van der Waals surface area contributed by atoms with Crippen molar-refractivity contribution in [1.82, 2.24) is 5.32 Å². The first-order chi connectivity index (χ1) is 14.5. The van der Waals surface area contributed by atoms with E-state index in [-0.39, 0.29) is 12.5 Å². The van der Waals surface area contributed by atoms with Crippen molar-refractivity contribution in [2.24, 2.45) is 0 Å². The number of ether oxygens (including phenoxy) is 1. The summed E-state index contributed by atoms with van der Waals surface area (Å²) in [4.78, 5) is 13.3. The molecule has 2 heterocycles. The van der Waals surface area contributed by atoms with Gasteiger partial charge in [0.1, 0.15) is 28.4 Å². The van der Waals surface area contributed by atoms with E-state index in [0.29, 0.717) is 22.8 Å². The molecule has 0 radical (unpaired) electrons. The number of rotatable bonds is 4. The molecular formula is C25H21NO4. The summed E-state index contributed by atoms with van der Waals surface area (Å²) in [5.41, 5.74) is 0.958. The summed E-state index contributed by atoms with van der Waals surface area (Å²) in [7, 11) is 0. The van der Waals surface area contributed by atoms with Crippen molar-refractivity contribution in [3.63, 3.8) is 0 Å². The Labute approximate surface area is 173 Å². The van der Waals surface area contributed by atoms with Crippen LogP contribution in [0.25, 0.3) is 11.0 Å². The summed E-state index contributed by atoms with van der Waals surface area (Å²) < 4.78 is 11.8. The quantitative estimate of drug-likeness (QED) is 0.522. The standard InChI is InChI=1S/C25H21NO4/c1-25(28,22-14-16-8-2-5-11-19(16)30-22)15-26-24(27)23-17-9-3-6-12-20(17)29-21-13-7-4-10-18(21)23/h2-14,23,28H,15H2,1H3,(H,26,27). The van der Waals surface area contributed by atoms with Crippen molar-refractivity contribution in [2.75, 3.05) is 6.54 Å². The average Bonchev–Trinajstić information content (AvgIpc) is 3.21. The zero-order valence-electron chi connectivity index (χ0n) is 16.5. The number of amides is 1. The first-order valence-electron chi connectivity index (χ1n) is 9.88. The molecule has 0 saturated heterocycles. The minimum Gasteiger partial charge on any atom is -0.458 e. The van der Waals surface area contributed by atoms with Gasteiger partial charge >= 0.3 is 0 Å². The van der Waals surface area contributed by atoms with Gasteiger partial charge in [-0.3, -0.25) is 4.79 Å². The van der Waals surface area contributed by atoms with Crippen molar-refractivity contribution in [3.8, 4) is 11.5 Å². The highest BCUT2D eigenvalue weighted by Crippen LogP contribution is 2.44. The van der Waals surface area contributed by atoms with Crippen molar-refractivity contribution in [1.29, 1.82) is 0 Å². The zero-order valence-corrected chi connectivity index (χ0v) is 16.5. The highest BCUT2D eigenvalue weighted by Gasteiger charge is 2.34. The van der Waals surface area contributed by atoms with Gasteiger partial charge in [0.2, 0.25) is 5.91 Å². The molecule has 4 aromatic rings. The van der Waals surface area contributed by atoms with Crippen LogP contribution in [-0.2, 0) is 10.4 Å². The lowest BCUT2D eigenvalue weighted by molar-refractivity contribution is -0.123. The van der Waals surface area contributed by atoms with Crippen molar-refractivity contribution < 1.29 is 19.1 Å². The fourth-order valence-electron chi connectivity index (χ4n) is 3.89. The number of para-hydroxylation sites is 3. The molecule has 2 N–H and O–H groups in total. The smallest absolute Gasteiger partial charge is 0.232 e. The molecule has 5 nitrogen and oxygen atoms in total. The lowest BCUT2D eigenvalue weighted by Crippen LogP contribution is -2.41. The molecule has 5 rings (SSSR count). The average molecular weight is 399 g/mol. The minimum absolute atomic E-state index is 0.0212. The van der Waals surface area contributed by atoms with Crippen LogP contribution in [0.4, 0.5) is 0 Å². The van der Waals surface area contributed by atoms with E-state index in [2.05, 4.69) is 5.32 Å². The Morgan fingerprint density at radius 3 is 2.23 bits per heavy atom. The lowest BCUT2D eigenvalue weighted by Gasteiger charge is -2.28. The molecule has 1 amide bonds. The van der Waals surface area contributed by atoms with E-state index in [4.69, 9.17) is 9.15 Å². The molecule has 0 bridgehead atoms. The highest BCUT2D eigenvalue weighted by atomic mass is 16.5. The largest absolute Gasteiger partial charge is 0.458 e. The predicted molar refractivity (Wildman–Crippen MR) is 114 cm³/mol. The van der Waals surface area contributed by atoms with Gasteiger partial charge in [-0.1, -0.05) is 54.6 Å². The van der Waals surface area contributed by atoms with Crippen LogP contribution in [0.15, 0.2) is 83.3 Å². The second-order valence-corrected chi connectivity index (χ2v) is 7.75. The molecule has 1 atom stereocenters. The molecule has 5 heteroatoms. The molecule has 0 saturated carbocycles. The monoisotopic (exact) mass is 399 g/mol. The summed E-state index contributed by atoms with van der Waals surface area (Å²) in [6, 6.07) is 24.4. The first-order valence-corrected chi connectivity index (χ1v) is 9.88. The van der Waals surface area contributed by atoms with Gasteiger partial charge in [0.05, 0.1) is 12.5 Å². The highest BCUT2D eigenvalue weighted by molar-refractivity contribution is 5.89. The molecule has 1 aromatic heterocycles. The number of hydrogen-bond acceptors (Lipinski definition) is 4. The molecule has 1 aliphatic rings. The van der Waals surface area contributed by atoms with Crippen LogP contribution in [0.5, 0.6) is 11.5 Å². The number of benzene rings is 3. The van der Waals surface area contributed by atoms with Gasteiger partial charge in [-0.05, 0) is 31.2 Å². The number of furan rings is 1. The third-order valence-corrected chi connectivity index (χ3v) is 5.51. The molecule has 150 valence electrons. The van der Waals surface area contributed by atoms with Gasteiger partial charge in [-0.15, -0.1) is 0 Å². The molecule has 3 aromatic carbocycles. The lowest BCUT2D eigenvalue weighted by atomic mass is 9.87. The molecule has 1 unspecified atom stereocenters. The van der Waals surface area contributed by atoms with E-state index >= 15 is 0 Å². The summed E-state index contributed by atoms with van der Waals surface area (Å²) in [6.45, 7) is 1.66. The number of aliphatic hydroxyl groups is 1. The van der Waals surface area contributed by atoms with E-state index < -0.39 is 11.5 Å².